The zero-order chi connectivity index (χ0) is 19.8. The SMILES string of the molecule is COc1cc(C(=O)NCCOc2cccc(F)c2)ccc1OCc1cscn1. The maximum absolute atomic E-state index is 13.1. The van der Waals surface area contributed by atoms with Gasteiger partial charge in [0.2, 0.25) is 0 Å². The van der Waals surface area contributed by atoms with Gasteiger partial charge in [0, 0.05) is 17.0 Å². The van der Waals surface area contributed by atoms with Crippen LogP contribution in [-0.2, 0) is 6.61 Å². The molecule has 1 heterocycles. The van der Waals surface area contributed by atoms with Crippen molar-refractivity contribution >= 4 is 17.2 Å². The van der Waals surface area contributed by atoms with Gasteiger partial charge < -0.3 is 19.5 Å². The van der Waals surface area contributed by atoms with Crippen LogP contribution in [0.4, 0.5) is 4.39 Å². The number of thiazole rings is 1. The average Bonchev–Trinajstić information content (AvgIpc) is 3.23. The number of hydrogen-bond acceptors (Lipinski definition) is 6. The van der Waals surface area contributed by atoms with Crippen LogP contribution in [0.3, 0.4) is 0 Å². The lowest BCUT2D eigenvalue weighted by atomic mass is 10.2. The number of nitrogens with zero attached hydrogens (tertiary/aromatic N) is 1. The summed E-state index contributed by atoms with van der Waals surface area (Å²) in [7, 11) is 1.51. The maximum atomic E-state index is 13.1. The zero-order valence-electron chi connectivity index (χ0n) is 15.2. The Labute approximate surface area is 165 Å². The van der Waals surface area contributed by atoms with Crippen LogP contribution in [0.15, 0.2) is 53.4 Å². The lowest BCUT2D eigenvalue weighted by molar-refractivity contribution is 0.0946. The highest BCUT2D eigenvalue weighted by atomic mass is 32.1. The highest BCUT2D eigenvalue weighted by Crippen LogP contribution is 2.28. The van der Waals surface area contributed by atoms with Crippen molar-refractivity contribution in [2.24, 2.45) is 0 Å². The normalized spacial score (nSPS) is 10.4. The van der Waals surface area contributed by atoms with E-state index in [0.717, 1.165) is 5.69 Å². The summed E-state index contributed by atoms with van der Waals surface area (Å²) >= 11 is 1.50. The van der Waals surface area contributed by atoms with E-state index in [-0.39, 0.29) is 24.9 Å². The molecule has 28 heavy (non-hydrogen) atoms. The van der Waals surface area contributed by atoms with Gasteiger partial charge in [0.15, 0.2) is 11.5 Å². The monoisotopic (exact) mass is 402 g/mol. The zero-order valence-corrected chi connectivity index (χ0v) is 16.0. The molecule has 0 aliphatic heterocycles. The van der Waals surface area contributed by atoms with Gasteiger partial charge in [0.1, 0.15) is 24.8 Å². The van der Waals surface area contributed by atoms with E-state index in [2.05, 4.69) is 10.3 Å². The van der Waals surface area contributed by atoms with Crippen LogP contribution in [-0.4, -0.2) is 31.2 Å². The van der Waals surface area contributed by atoms with Crippen molar-refractivity contribution in [3.05, 3.63) is 70.4 Å². The van der Waals surface area contributed by atoms with E-state index in [1.807, 2.05) is 5.38 Å². The second kappa shape index (κ2) is 9.70. The summed E-state index contributed by atoms with van der Waals surface area (Å²) in [5, 5.41) is 4.65. The van der Waals surface area contributed by atoms with Crippen molar-refractivity contribution in [1.29, 1.82) is 0 Å². The molecule has 3 aromatic rings. The molecule has 0 fully saturated rings. The van der Waals surface area contributed by atoms with E-state index in [0.29, 0.717) is 29.4 Å². The smallest absolute Gasteiger partial charge is 0.251 e. The Bertz CT molecular complexity index is 918. The van der Waals surface area contributed by atoms with E-state index < -0.39 is 0 Å². The number of methoxy groups -OCH3 is 1. The number of nitrogens with one attached hydrogen (secondary N) is 1. The molecule has 1 aromatic heterocycles. The molecule has 2 aromatic carbocycles. The third-order valence-corrected chi connectivity index (χ3v) is 4.37. The van der Waals surface area contributed by atoms with E-state index in [4.69, 9.17) is 14.2 Å². The summed E-state index contributed by atoms with van der Waals surface area (Å²) in [6.07, 6.45) is 0. The Morgan fingerprint density at radius 1 is 1.18 bits per heavy atom. The summed E-state index contributed by atoms with van der Waals surface area (Å²) in [5.41, 5.74) is 3.00. The molecular weight excluding hydrogens is 383 g/mol. The molecule has 0 atom stereocenters. The van der Waals surface area contributed by atoms with Gasteiger partial charge >= 0.3 is 0 Å². The number of carbonyl (C=O) groups excluding carboxylic acids is 1. The van der Waals surface area contributed by atoms with Crippen LogP contribution in [0.1, 0.15) is 16.1 Å². The van der Waals surface area contributed by atoms with Crippen molar-refractivity contribution in [2.45, 2.75) is 6.61 Å². The molecule has 0 saturated carbocycles. The van der Waals surface area contributed by atoms with Gasteiger partial charge in [-0.05, 0) is 30.3 Å². The van der Waals surface area contributed by atoms with E-state index in [9.17, 15) is 9.18 Å². The minimum atomic E-state index is -0.370. The number of ether oxygens (including phenoxy) is 3. The summed E-state index contributed by atoms with van der Waals surface area (Å²) < 4.78 is 29.5. The van der Waals surface area contributed by atoms with Crippen LogP contribution in [0, 0.1) is 5.82 Å². The van der Waals surface area contributed by atoms with Crippen LogP contribution in [0.2, 0.25) is 0 Å². The molecule has 6 nitrogen and oxygen atoms in total. The Morgan fingerprint density at radius 2 is 2.07 bits per heavy atom. The number of aromatic nitrogens is 1. The number of halogens is 1. The second-order valence-corrected chi connectivity index (χ2v) is 6.41. The second-order valence-electron chi connectivity index (χ2n) is 5.70. The predicted molar refractivity (Wildman–Crippen MR) is 104 cm³/mol. The molecule has 0 aliphatic rings. The van der Waals surface area contributed by atoms with Crippen molar-refractivity contribution in [3.8, 4) is 17.2 Å². The first-order valence-corrected chi connectivity index (χ1v) is 9.44. The van der Waals surface area contributed by atoms with Gasteiger partial charge in [-0.15, -0.1) is 11.3 Å². The van der Waals surface area contributed by atoms with Crippen molar-refractivity contribution < 1.29 is 23.4 Å². The first kappa shape index (κ1) is 19.6. The molecule has 1 N–H and O–H groups in total. The third-order valence-electron chi connectivity index (χ3n) is 3.74. The van der Waals surface area contributed by atoms with E-state index >= 15 is 0 Å². The maximum Gasteiger partial charge on any atom is 0.251 e. The van der Waals surface area contributed by atoms with Gasteiger partial charge in [-0.1, -0.05) is 6.07 Å². The standard InChI is InChI=1S/C20H19FN2O4S/c1-25-19-9-14(5-6-18(19)27-11-16-12-28-13-23-16)20(24)22-7-8-26-17-4-2-3-15(21)10-17/h2-6,9-10,12-13H,7-8,11H2,1H3,(H,22,24). The number of benzene rings is 2. The fraction of sp³-hybridized carbons (Fsp3) is 0.200. The van der Waals surface area contributed by atoms with Crippen LogP contribution < -0.4 is 19.5 Å². The summed E-state index contributed by atoms with van der Waals surface area (Å²) in [6.45, 7) is 0.823. The predicted octanol–water partition coefficient (Wildman–Crippen LogP) is 3.68. The summed E-state index contributed by atoms with van der Waals surface area (Å²) in [4.78, 5) is 16.5. The van der Waals surface area contributed by atoms with Crippen LogP contribution >= 0.6 is 11.3 Å². The largest absolute Gasteiger partial charge is 0.493 e. The topological polar surface area (TPSA) is 69.7 Å². The molecule has 0 aliphatic carbocycles. The number of hydrogen-bond donors (Lipinski definition) is 1. The highest BCUT2D eigenvalue weighted by molar-refractivity contribution is 7.07. The lowest BCUT2D eigenvalue weighted by Gasteiger charge is -2.12. The van der Waals surface area contributed by atoms with E-state index in [1.54, 1.807) is 35.8 Å². The van der Waals surface area contributed by atoms with Crippen molar-refractivity contribution in [3.63, 3.8) is 0 Å². The minimum Gasteiger partial charge on any atom is -0.493 e. The summed E-state index contributed by atoms with van der Waals surface area (Å²) in [6, 6.07) is 10.8. The molecule has 1 amide bonds. The molecular formula is C20H19FN2O4S. The lowest BCUT2D eigenvalue weighted by Crippen LogP contribution is -2.28. The Hall–Kier alpha value is -3.13. The molecule has 8 heteroatoms. The molecule has 0 unspecified atom stereocenters. The van der Waals surface area contributed by atoms with Gasteiger partial charge in [-0.25, -0.2) is 9.37 Å². The van der Waals surface area contributed by atoms with Gasteiger partial charge in [-0.3, -0.25) is 4.79 Å². The van der Waals surface area contributed by atoms with Gasteiger partial charge in [-0.2, -0.15) is 0 Å². The van der Waals surface area contributed by atoms with E-state index in [1.165, 1.54) is 30.6 Å². The molecule has 0 bridgehead atoms. The van der Waals surface area contributed by atoms with Crippen molar-refractivity contribution in [1.82, 2.24) is 10.3 Å². The van der Waals surface area contributed by atoms with Crippen LogP contribution in [0.25, 0.3) is 0 Å². The molecule has 3 rings (SSSR count). The first-order chi connectivity index (χ1) is 13.7. The molecule has 0 saturated heterocycles. The fourth-order valence-electron chi connectivity index (χ4n) is 2.38. The molecule has 0 radical (unpaired) electrons. The number of amides is 1. The minimum absolute atomic E-state index is 0.223. The Balaban J connectivity index is 1.51. The molecule has 146 valence electrons. The number of carbonyl (C=O) groups is 1. The fourth-order valence-corrected chi connectivity index (χ4v) is 2.92. The van der Waals surface area contributed by atoms with Gasteiger partial charge in [0.05, 0.1) is 24.9 Å². The average molecular weight is 402 g/mol. The Morgan fingerprint density at radius 3 is 2.82 bits per heavy atom. The van der Waals surface area contributed by atoms with Crippen molar-refractivity contribution in [2.75, 3.05) is 20.3 Å². The molecule has 0 spiro atoms. The third kappa shape index (κ3) is 5.43. The highest BCUT2D eigenvalue weighted by Gasteiger charge is 2.11. The quantitative estimate of drug-likeness (QED) is 0.553. The van der Waals surface area contributed by atoms with Crippen LogP contribution in [0.5, 0.6) is 17.2 Å². The number of rotatable bonds is 9. The van der Waals surface area contributed by atoms with Gasteiger partial charge in [0.25, 0.3) is 5.91 Å². The Kier molecular flexibility index (Phi) is 6.80. The first-order valence-electron chi connectivity index (χ1n) is 8.50. The summed E-state index contributed by atoms with van der Waals surface area (Å²) in [5.74, 6) is 0.760.